The van der Waals surface area contributed by atoms with Gasteiger partial charge in [-0.2, -0.15) is 5.10 Å². The van der Waals surface area contributed by atoms with E-state index in [4.69, 9.17) is 0 Å². The predicted octanol–water partition coefficient (Wildman–Crippen LogP) is 3.47. The van der Waals surface area contributed by atoms with Crippen molar-refractivity contribution >= 4 is 17.6 Å². The smallest absolute Gasteiger partial charge is 0.294 e. The molecule has 0 heterocycles. The number of phenols is 1. The number of hydrogen-bond donors (Lipinski definition) is 2. The molecule has 2 N–H and O–H groups in total. The highest BCUT2D eigenvalue weighted by atomic mass is 16.6. The van der Waals surface area contributed by atoms with Crippen molar-refractivity contribution in [1.29, 1.82) is 0 Å². The summed E-state index contributed by atoms with van der Waals surface area (Å²) in [6, 6.07) is 11.5. The van der Waals surface area contributed by atoms with Gasteiger partial charge in [0.2, 0.25) is 0 Å². The lowest BCUT2D eigenvalue weighted by Gasteiger charge is -2.05. The Morgan fingerprint density at radius 2 is 2.05 bits per heavy atom. The first-order chi connectivity index (χ1) is 10.6. The highest BCUT2D eigenvalue weighted by Gasteiger charge is 2.11. The SMILES string of the molecule is C=CCc1cccc(C=NNc2ccccc2[N+](=O)[O-])c1O. The molecule has 2 aromatic carbocycles. The zero-order chi connectivity index (χ0) is 15.9. The molecule has 0 saturated heterocycles. The fourth-order valence-corrected chi connectivity index (χ4v) is 1.93. The first kappa shape index (κ1) is 15.2. The van der Waals surface area contributed by atoms with Crippen LogP contribution in [0.5, 0.6) is 5.75 Å². The first-order valence-corrected chi connectivity index (χ1v) is 6.57. The van der Waals surface area contributed by atoms with Crippen LogP contribution >= 0.6 is 0 Å². The number of anilines is 1. The quantitative estimate of drug-likeness (QED) is 0.370. The highest BCUT2D eigenvalue weighted by molar-refractivity contribution is 5.84. The van der Waals surface area contributed by atoms with Crippen LogP contribution in [-0.4, -0.2) is 16.2 Å². The number of phenolic OH excluding ortho intramolecular Hbond substituents is 1. The maximum absolute atomic E-state index is 10.9. The van der Waals surface area contributed by atoms with Crippen LogP contribution in [0.3, 0.4) is 0 Å². The molecule has 0 aliphatic rings. The standard InChI is InChI=1S/C16H15N3O3/c1-2-6-12-7-5-8-13(16(12)20)11-17-18-14-9-3-4-10-15(14)19(21)22/h2-5,7-11,18,20H,1,6H2. The van der Waals surface area contributed by atoms with Crippen molar-refractivity contribution in [3.8, 4) is 5.75 Å². The maximum atomic E-state index is 10.9. The summed E-state index contributed by atoms with van der Waals surface area (Å²) in [5.74, 6) is 0.121. The average Bonchev–Trinajstić information content (AvgIpc) is 2.51. The van der Waals surface area contributed by atoms with Crippen molar-refractivity contribution in [2.75, 3.05) is 5.43 Å². The molecule has 0 spiro atoms. The van der Waals surface area contributed by atoms with Gasteiger partial charge < -0.3 is 5.11 Å². The van der Waals surface area contributed by atoms with Crippen molar-refractivity contribution in [2.24, 2.45) is 5.10 Å². The van der Waals surface area contributed by atoms with Gasteiger partial charge in [0.05, 0.1) is 11.1 Å². The Kier molecular flexibility index (Phi) is 4.87. The first-order valence-electron chi connectivity index (χ1n) is 6.57. The molecule has 0 atom stereocenters. The molecule has 0 aliphatic carbocycles. The van der Waals surface area contributed by atoms with Crippen LogP contribution in [0.4, 0.5) is 11.4 Å². The summed E-state index contributed by atoms with van der Waals surface area (Å²) in [6.07, 6.45) is 3.66. The summed E-state index contributed by atoms with van der Waals surface area (Å²) in [6.45, 7) is 3.63. The Labute approximate surface area is 127 Å². The summed E-state index contributed by atoms with van der Waals surface area (Å²) in [5, 5.41) is 24.9. The molecule has 0 aliphatic heterocycles. The summed E-state index contributed by atoms with van der Waals surface area (Å²) in [7, 11) is 0. The van der Waals surface area contributed by atoms with Crippen LogP contribution in [0.25, 0.3) is 0 Å². The lowest BCUT2D eigenvalue weighted by molar-refractivity contribution is -0.384. The van der Waals surface area contributed by atoms with E-state index in [0.717, 1.165) is 5.56 Å². The third-order valence-electron chi connectivity index (χ3n) is 3.00. The topological polar surface area (TPSA) is 87.8 Å². The lowest BCUT2D eigenvalue weighted by Crippen LogP contribution is -1.97. The number of nitrogens with one attached hydrogen (secondary N) is 1. The Bertz CT molecular complexity index is 726. The van der Waals surface area contributed by atoms with E-state index in [1.54, 1.807) is 42.5 Å². The number of hydrogen-bond acceptors (Lipinski definition) is 5. The second kappa shape index (κ2) is 7.03. The van der Waals surface area contributed by atoms with Gasteiger partial charge in [0.15, 0.2) is 0 Å². The van der Waals surface area contributed by atoms with Crippen LogP contribution in [-0.2, 0) is 6.42 Å². The lowest BCUT2D eigenvalue weighted by atomic mass is 10.1. The number of nitro benzene ring substituents is 1. The summed E-state index contributed by atoms with van der Waals surface area (Å²) in [5.41, 5.74) is 4.09. The zero-order valence-corrected chi connectivity index (χ0v) is 11.8. The van der Waals surface area contributed by atoms with Gasteiger partial charge in [-0.15, -0.1) is 6.58 Å². The largest absolute Gasteiger partial charge is 0.507 e. The fourth-order valence-electron chi connectivity index (χ4n) is 1.93. The van der Waals surface area contributed by atoms with E-state index in [-0.39, 0.29) is 17.1 Å². The van der Waals surface area contributed by atoms with Crippen molar-refractivity contribution in [3.63, 3.8) is 0 Å². The normalized spacial score (nSPS) is 10.5. The van der Waals surface area contributed by atoms with E-state index in [9.17, 15) is 15.2 Å². The maximum Gasteiger partial charge on any atom is 0.294 e. The molecule has 0 amide bonds. The minimum Gasteiger partial charge on any atom is -0.507 e. The third kappa shape index (κ3) is 3.49. The van der Waals surface area contributed by atoms with Crippen LogP contribution in [0.15, 0.2) is 60.2 Å². The minimum absolute atomic E-state index is 0.0655. The van der Waals surface area contributed by atoms with Crippen LogP contribution in [0.2, 0.25) is 0 Å². The number of benzene rings is 2. The van der Waals surface area contributed by atoms with Gasteiger partial charge in [0, 0.05) is 11.6 Å². The number of nitrogens with zero attached hydrogens (tertiary/aromatic N) is 2. The van der Waals surface area contributed by atoms with Crippen molar-refractivity contribution in [1.82, 2.24) is 0 Å². The Morgan fingerprint density at radius 3 is 2.77 bits per heavy atom. The molecule has 0 aromatic heterocycles. The van der Waals surface area contributed by atoms with Crippen LogP contribution in [0.1, 0.15) is 11.1 Å². The Hall–Kier alpha value is -3.15. The molecule has 2 rings (SSSR count). The molecule has 0 fully saturated rings. The number of rotatable bonds is 6. The molecule has 0 saturated carbocycles. The molecule has 112 valence electrons. The van der Waals surface area contributed by atoms with E-state index in [1.807, 2.05) is 0 Å². The molecule has 0 bridgehead atoms. The zero-order valence-electron chi connectivity index (χ0n) is 11.8. The summed E-state index contributed by atoms with van der Waals surface area (Å²) >= 11 is 0. The van der Waals surface area contributed by atoms with E-state index < -0.39 is 4.92 Å². The second-order valence-electron chi connectivity index (χ2n) is 4.49. The number of aromatic hydroxyl groups is 1. The molecule has 0 radical (unpaired) electrons. The molecular formula is C16H15N3O3. The van der Waals surface area contributed by atoms with Crippen LogP contribution in [0, 0.1) is 10.1 Å². The number of nitro groups is 1. The molecule has 22 heavy (non-hydrogen) atoms. The van der Waals surface area contributed by atoms with E-state index in [2.05, 4.69) is 17.1 Å². The van der Waals surface area contributed by atoms with Crippen molar-refractivity contribution < 1.29 is 10.0 Å². The average molecular weight is 297 g/mol. The van der Waals surface area contributed by atoms with Crippen LogP contribution < -0.4 is 5.43 Å². The van der Waals surface area contributed by atoms with Crippen molar-refractivity contribution in [3.05, 3.63) is 76.4 Å². The van der Waals surface area contributed by atoms with E-state index in [0.29, 0.717) is 12.0 Å². The molecule has 6 nitrogen and oxygen atoms in total. The molecule has 0 unspecified atom stereocenters. The molecule has 2 aromatic rings. The van der Waals surface area contributed by atoms with Crippen molar-refractivity contribution in [2.45, 2.75) is 6.42 Å². The molecular weight excluding hydrogens is 282 g/mol. The minimum atomic E-state index is -0.486. The van der Waals surface area contributed by atoms with E-state index in [1.165, 1.54) is 12.3 Å². The number of allylic oxidation sites excluding steroid dienone is 1. The highest BCUT2D eigenvalue weighted by Crippen LogP contribution is 2.24. The monoisotopic (exact) mass is 297 g/mol. The van der Waals surface area contributed by atoms with Gasteiger partial charge in [0.1, 0.15) is 11.4 Å². The summed E-state index contributed by atoms with van der Waals surface area (Å²) in [4.78, 5) is 10.4. The third-order valence-corrected chi connectivity index (χ3v) is 3.00. The van der Waals surface area contributed by atoms with Gasteiger partial charge in [-0.3, -0.25) is 15.5 Å². The number of para-hydroxylation sites is 3. The van der Waals surface area contributed by atoms with Gasteiger partial charge in [-0.05, 0) is 24.1 Å². The molecule has 6 heteroatoms. The van der Waals surface area contributed by atoms with Gasteiger partial charge in [-0.1, -0.05) is 30.3 Å². The second-order valence-corrected chi connectivity index (χ2v) is 4.49. The van der Waals surface area contributed by atoms with Gasteiger partial charge in [-0.25, -0.2) is 0 Å². The van der Waals surface area contributed by atoms with E-state index >= 15 is 0 Å². The van der Waals surface area contributed by atoms with Gasteiger partial charge >= 0.3 is 0 Å². The van der Waals surface area contributed by atoms with Gasteiger partial charge in [0.25, 0.3) is 5.69 Å². The predicted molar refractivity (Wildman–Crippen MR) is 86.3 cm³/mol. The fraction of sp³-hybridized carbons (Fsp3) is 0.0625. The Balaban J connectivity index is 2.19. The Morgan fingerprint density at radius 1 is 1.27 bits per heavy atom. The number of hydrazone groups is 1. The summed E-state index contributed by atoms with van der Waals surface area (Å²) < 4.78 is 0.